The van der Waals surface area contributed by atoms with E-state index in [1.54, 1.807) is 6.08 Å². The van der Waals surface area contributed by atoms with E-state index in [0.717, 1.165) is 25.7 Å². The van der Waals surface area contributed by atoms with Crippen LogP contribution in [0.5, 0.6) is 0 Å². The molecule has 1 aliphatic carbocycles. The van der Waals surface area contributed by atoms with Gasteiger partial charge in [-0.05, 0) is 12.8 Å². The summed E-state index contributed by atoms with van der Waals surface area (Å²) in [4.78, 5) is 0. The van der Waals surface area contributed by atoms with Crippen molar-refractivity contribution < 1.29 is 10.2 Å². The molecule has 0 aromatic heterocycles. The second-order valence-electron chi connectivity index (χ2n) is 3.71. The molecule has 1 saturated carbocycles. The Balaban J connectivity index is 2.49. The number of rotatable bonds is 3. The third-order valence-electron chi connectivity index (χ3n) is 2.85. The van der Waals surface area contributed by atoms with Crippen LogP contribution in [0.2, 0.25) is 0 Å². The van der Waals surface area contributed by atoms with Crippen LogP contribution in [0.4, 0.5) is 0 Å². The molecular formula is C10H18O2. The van der Waals surface area contributed by atoms with Crippen molar-refractivity contribution in [2.24, 2.45) is 5.92 Å². The van der Waals surface area contributed by atoms with Crippen LogP contribution in [0, 0.1) is 5.92 Å². The predicted molar refractivity (Wildman–Crippen MR) is 48.8 cm³/mol. The van der Waals surface area contributed by atoms with Gasteiger partial charge in [-0.15, -0.1) is 0 Å². The average Bonchev–Trinajstić information content (AvgIpc) is 2.49. The van der Waals surface area contributed by atoms with Gasteiger partial charge in [0.1, 0.15) is 0 Å². The monoisotopic (exact) mass is 170 g/mol. The van der Waals surface area contributed by atoms with Crippen LogP contribution < -0.4 is 0 Å². The third kappa shape index (κ3) is 2.08. The molecule has 0 aliphatic heterocycles. The minimum atomic E-state index is -0.494. The number of aliphatic hydroxyl groups is 2. The molecule has 0 aromatic carbocycles. The SMILES string of the molecule is CC(/C=C/CO)C1(O)CCCC1. The molecule has 0 aromatic rings. The molecule has 0 heterocycles. The first-order chi connectivity index (χ1) is 5.69. The quantitative estimate of drug-likeness (QED) is 0.630. The lowest BCUT2D eigenvalue weighted by atomic mass is 9.87. The zero-order valence-corrected chi connectivity index (χ0v) is 7.66. The van der Waals surface area contributed by atoms with Crippen LogP contribution in [-0.4, -0.2) is 22.4 Å². The van der Waals surface area contributed by atoms with E-state index in [4.69, 9.17) is 5.11 Å². The molecule has 0 spiro atoms. The maximum Gasteiger partial charge on any atom is 0.0707 e. The Bertz CT molecular complexity index is 157. The lowest BCUT2D eigenvalue weighted by molar-refractivity contribution is 0.0126. The summed E-state index contributed by atoms with van der Waals surface area (Å²) in [6.45, 7) is 2.08. The van der Waals surface area contributed by atoms with E-state index in [-0.39, 0.29) is 12.5 Å². The van der Waals surface area contributed by atoms with Crippen molar-refractivity contribution >= 4 is 0 Å². The van der Waals surface area contributed by atoms with Gasteiger partial charge in [0.2, 0.25) is 0 Å². The number of aliphatic hydroxyl groups excluding tert-OH is 1. The van der Waals surface area contributed by atoms with Crippen molar-refractivity contribution in [3.05, 3.63) is 12.2 Å². The molecule has 2 heteroatoms. The minimum absolute atomic E-state index is 0.0699. The maximum absolute atomic E-state index is 10.1. The first kappa shape index (κ1) is 9.75. The lowest BCUT2D eigenvalue weighted by Gasteiger charge is -2.27. The van der Waals surface area contributed by atoms with Crippen LogP contribution in [0.3, 0.4) is 0 Å². The highest BCUT2D eigenvalue weighted by Gasteiger charge is 2.35. The Hall–Kier alpha value is -0.340. The van der Waals surface area contributed by atoms with Crippen LogP contribution in [0.15, 0.2) is 12.2 Å². The molecule has 12 heavy (non-hydrogen) atoms. The van der Waals surface area contributed by atoms with Gasteiger partial charge >= 0.3 is 0 Å². The normalized spacial score (nSPS) is 24.9. The van der Waals surface area contributed by atoms with Gasteiger partial charge in [-0.1, -0.05) is 31.9 Å². The molecular weight excluding hydrogens is 152 g/mol. The predicted octanol–water partition coefficient (Wildman–Crippen LogP) is 1.48. The zero-order chi connectivity index (χ0) is 9.03. The van der Waals surface area contributed by atoms with Crippen LogP contribution >= 0.6 is 0 Å². The van der Waals surface area contributed by atoms with Gasteiger partial charge in [0.25, 0.3) is 0 Å². The fraction of sp³-hybridized carbons (Fsp3) is 0.800. The Morgan fingerprint density at radius 3 is 2.50 bits per heavy atom. The second kappa shape index (κ2) is 4.06. The zero-order valence-electron chi connectivity index (χ0n) is 7.66. The van der Waals surface area contributed by atoms with Gasteiger partial charge in [0.15, 0.2) is 0 Å². The largest absolute Gasteiger partial charge is 0.392 e. The van der Waals surface area contributed by atoms with Gasteiger partial charge in [-0.2, -0.15) is 0 Å². The molecule has 1 aliphatic rings. The van der Waals surface area contributed by atoms with E-state index in [1.165, 1.54) is 0 Å². The molecule has 0 bridgehead atoms. The van der Waals surface area contributed by atoms with Gasteiger partial charge in [0, 0.05) is 5.92 Å². The molecule has 70 valence electrons. The number of hydrogen-bond acceptors (Lipinski definition) is 2. The molecule has 2 N–H and O–H groups in total. The third-order valence-corrected chi connectivity index (χ3v) is 2.85. The van der Waals surface area contributed by atoms with E-state index in [0.29, 0.717) is 0 Å². The van der Waals surface area contributed by atoms with Crippen LogP contribution in [0.25, 0.3) is 0 Å². The van der Waals surface area contributed by atoms with E-state index in [9.17, 15) is 5.11 Å². The van der Waals surface area contributed by atoms with Crippen molar-refractivity contribution in [3.63, 3.8) is 0 Å². The molecule has 0 amide bonds. The summed E-state index contributed by atoms with van der Waals surface area (Å²) < 4.78 is 0. The maximum atomic E-state index is 10.1. The summed E-state index contributed by atoms with van der Waals surface area (Å²) in [6, 6.07) is 0. The van der Waals surface area contributed by atoms with Crippen molar-refractivity contribution in [2.45, 2.75) is 38.2 Å². The molecule has 1 unspecified atom stereocenters. The Morgan fingerprint density at radius 1 is 1.42 bits per heavy atom. The summed E-state index contributed by atoms with van der Waals surface area (Å²) >= 11 is 0. The standard InChI is InChI=1S/C10H18O2/c1-9(5-4-8-11)10(12)6-2-3-7-10/h4-5,9,11-12H,2-3,6-8H2,1H3/b5-4+. The highest BCUT2D eigenvalue weighted by atomic mass is 16.3. The summed E-state index contributed by atoms with van der Waals surface area (Å²) in [5.74, 6) is 0.173. The van der Waals surface area contributed by atoms with E-state index in [2.05, 4.69) is 0 Å². The fourth-order valence-electron chi connectivity index (χ4n) is 1.89. The van der Waals surface area contributed by atoms with Gasteiger partial charge in [-0.3, -0.25) is 0 Å². The highest BCUT2D eigenvalue weighted by Crippen LogP contribution is 2.36. The van der Waals surface area contributed by atoms with Gasteiger partial charge in [-0.25, -0.2) is 0 Å². The first-order valence-corrected chi connectivity index (χ1v) is 4.69. The van der Waals surface area contributed by atoms with Crippen LogP contribution in [0.1, 0.15) is 32.6 Å². The lowest BCUT2D eigenvalue weighted by Crippen LogP contribution is -2.31. The van der Waals surface area contributed by atoms with E-state index in [1.807, 2.05) is 13.0 Å². The van der Waals surface area contributed by atoms with Crippen molar-refractivity contribution in [1.82, 2.24) is 0 Å². The van der Waals surface area contributed by atoms with Crippen molar-refractivity contribution in [3.8, 4) is 0 Å². The topological polar surface area (TPSA) is 40.5 Å². The fourth-order valence-corrected chi connectivity index (χ4v) is 1.89. The molecule has 0 radical (unpaired) electrons. The summed E-state index contributed by atoms with van der Waals surface area (Å²) in [5.41, 5.74) is -0.494. The Kier molecular flexibility index (Phi) is 3.29. The highest BCUT2D eigenvalue weighted by molar-refractivity contribution is 4.99. The first-order valence-electron chi connectivity index (χ1n) is 4.69. The van der Waals surface area contributed by atoms with Gasteiger partial charge in [0.05, 0.1) is 12.2 Å². The van der Waals surface area contributed by atoms with Crippen LogP contribution in [-0.2, 0) is 0 Å². The number of hydrogen-bond donors (Lipinski definition) is 2. The Morgan fingerprint density at radius 2 is 2.00 bits per heavy atom. The summed E-state index contributed by atoms with van der Waals surface area (Å²) in [6.07, 6.45) is 7.70. The molecule has 1 rings (SSSR count). The van der Waals surface area contributed by atoms with Crippen molar-refractivity contribution in [2.75, 3.05) is 6.61 Å². The summed E-state index contributed by atoms with van der Waals surface area (Å²) in [5, 5.41) is 18.6. The molecule has 1 fully saturated rings. The minimum Gasteiger partial charge on any atom is -0.392 e. The molecule has 1 atom stereocenters. The van der Waals surface area contributed by atoms with E-state index >= 15 is 0 Å². The molecule has 0 saturated heterocycles. The van der Waals surface area contributed by atoms with E-state index < -0.39 is 5.60 Å². The smallest absolute Gasteiger partial charge is 0.0707 e. The Labute approximate surface area is 73.9 Å². The second-order valence-corrected chi connectivity index (χ2v) is 3.71. The van der Waals surface area contributed by atoms with Crippen molar-refractivity contribution in [1.29, 1.82) is 0 Å². The van der Waals surface area contributed by atoms with Gasteiger partial charge < -0.3 is 10.2 Å². The summed E-state index contributed by atoms with van der Waals surface area (Å²) in [7, 11) is 0. The molecule has 2 nitrogen and oxygen atoms in total. The average molecular weight is 170 g/mol.